The third-order valence-corrected chi connectivity index (χ3v) is 16.5. The first-order valence-electron chi connectivity index (χ1n) is 22.9. The molecule has 0 bridgehead atoms. The number of hydrogen-bond donors (Lipinski definition) is 5. The van der Waals surface area contributed by atoms with Crippen molar-refractivity contribution in [3.05, 3.63) is 166 Å². The molecular weight excluding hydrogens is 817 g/mol. The van der Waals surface area contributed by atoms with Crippen LogP contribution in [0.25, 0.3) is 0 Å². The van der Waals surface area contributed by atoms with Gasteiger partial charge in [-0.2, -0.15) is 0 Å². The largest absolute Gasteiger partial charge is 0.508 e. The lowest BCUT2D eigenvalue weighted by atomic mass is 9.38. The zero-order valence-corrected chi connectivity index (χ0v) is 37.5. The number of allylic oxidation sites excluding steroid dienone is 1. The first-order chi connectivity index (χ1) is 30.9. The van der Waals surface area contributed by atoms with Crippen molar-refractivity contribution in [1.29, 1.82) is 0 Å². The fourth-order valence-electron chi connectivity index (χ4n) is 13.6. The molecule has 0 spiro atoms. The number of esters is 1. The number of ether oxygens (including phenoxy) is 1. The lowest BCUT2D eigenvalue weighted by molar-refractivity contribution is -0.178. The van der Waals surface area contributed by atoms with Crippen LogP contribution in [0.2, 0.25) is 0 Å². The number of hydrogen-bond acceptors (Lipinski definition) is 9. The average Bonchev–Trinajstić information content (AvgIpc) is 3.55. The van der Waals surface area contributed by atoms with Crippen LogP contribution in [0.5, 0.6) is 23.0 Å². The highest BCUT2D eigenvalue weighted by Crippen LogP contribution is 2.73. The molecule has 0 heterocycles. The molecule has 336 valence electrons. The Labute approximate surface area is 380 Å². The number of phenols is 4. The summed E-state index contributed by atoms with van der Waals surface area (Å²) in [5.41, 5.74) is 3.68. The zero-order valence-electron chi connectivity index (χ0n) is 37.5. The molecule has 3 fully saturated rings. The van der Waals surface area contributed by atoms with Crippen molar-refractivity contribution in [2.45, 2.75) is 95.5 Å². The molecule has 0 aliphatic heterocycles. The maximum atomic E-state index is 14.1. The van der Waals surface area contributed by atoms with Crippen LogP contribution in [0.1, 0.15) is 123 Å². The molecule has 0 saturated heterocycles. The van der Waals surface area contributed by atoms with Gasteiger partial charge in [0.25, 0.3) is 0 Å². The van der Waals surface area contributed by atoms with E-state index < -0.39 is 34.8 Å². The van der Waals surface area contributed by atoms with Crippen molar-refractivity contribution in [3.8, 4) is 23.0 Å². The van der Waals surface area contributed by atoms with E-state index in [-0.39, 0.29) is 70.2 Å². The Balaban J connectivity index is 1.18. The van der Waals surface area contributed by atoms with Crippen LogP contribution >= 0.6 is 0 Å². The predicted octanol–water partition coefficient (Wildman–Crippen LogP) is 10.1. The predicted molar refractivity (Wildman–Crippen MR) is 247 cm³/mol. The van der Waals surface area contributed by atoms with Crippen molar-refractivity contribution in [1.82, 2.24) is 0 Å². The molecule has 0 amide bonds. The van der Waals surface area contributed by atoms with E-state index in [2.05, 4.69) is 44.2 Å². The van der Waals surface area contributed by atoms with Crippen molar-refractivity contribution in [3.63, 3.8) is 0 Å². The van der Waals surface area contributed by atoms with Gasteiger partial charge < -0.3 is 30.3 Å². The van der Waals surface area contributed by atoms with Gasteiger partial charge in [0.2, 0.25) is 5.78 Å². The molecule has 9 nitrogen and oxygen atoms in total. The fourth-order valence-corrected chi connectivity index (χ4v) is 13.6. The minimum Gasteiger partial charge on any atom is -0.508 e. The Morgan fingerprint density at radius 3 is 1.63 bits per heavy atom. The molecule has 3 unspecified atom stereocenters. The van der Waals surface area contributed by atoms with Crippen LogP contribution in [-0.2, 0) is 24.5 Å². The van der Waals surface area contributed by atoms with E-state index in [1.165, 1.54) is 6.92 Å². The second-order valence-corrected chi connectivity index (χ2v) is 20.0. The number of aliphatic hydroxyl groups is 1. The first-order valence-corrected chi connectivity index (χ1v) is 22.9. The highest BCUT2D eigenvalue weighted by atomic mass is 16.5. The average molecular weight is 875 g/mol. The van der Waals surface area contributed by atoms with Gasteiger partial charge in [0.15, 0.2) is 12.4 Å². The van der Waals surface area contributed by atoms with E-state index in [9.17, 15) is 39.9 Å². The Morgan fingerprint density at radius 1 is 0.646 bits per heavy atom. The first kappa shape index (κ1) is 44.0. The van der Waals surface area contributed by atoms with Gasteiger partial charge in [-0.1, -0.05) is 99.1 Å². The van der Waals surface area contributed by atoms with E-state index >= 15 is 0 Å². The summed E-state index contributed by atoms with van der Waals surface area (Å²) >= 11 is 0. The van der Waals surface area contributed by atoms with Crippen molar-refractivity contribution in [2.24, 2.45) is 28.6 Å². The van der Waals surface area contributed by atoms with Crippen LogP contribution in [-0.4, -0.2) is 55.3 Å². The van der Waals surface area contributed by atoms with Gasteiger partial charge in [0, 0.05) is 41.6 Å². The number of rotatable bonds is 10. The van der Waals surface area contributed by atoms with Crippen LogP contribution < -0.4 is 0 Å². The van der Waals surface area contributed by atoms with Crippen molar-refractivity contribution < 1.29 is 44.7 Å². The van der Waals surface area contributed by atoms with Gasteiger partial charge in [0.05, 0.1) is 0 Å². The van der Waals surface area contributed by atoms with Gasteiger partial charge in [-0.25, -0.2) is 0 Å². The smallest absolute Gasteiger partial charge is 0.303 e. The summed E-state index contributed by atoms with van der Waals surface area (Å²) in [5.74, 6) is -0.944. The number of Topliss-reactive ketones (excluding diaryl/α,β-unsaturated/α-hetero) is 1. The summed E-state index contributed by atoms with van der Waals surface area (Å²) in [6.45, 7) is 7.23. The molecule has 5 N–H and O–H groups in total. The molecule has 9 rings (SSSR count). The maximum Gasteiger partial charge on any atom is 0.303 e. The van der Waals surface area contributed by atoms with Gasteiger partial charge >= 0.3 is 5.97 Å². The molecule has 5 aromatic rings. The van der Waals surface area contributed by atoms with E-state index in [4.69, 9.17) is 4.74 Å². The minimum atomic E-state index is -1.76. The van der Waals surface area contributed by atoms with Crippen molar-refractivity contribution in [2.75, 3.05) is 6.61 Å². The highest BCUT2D eigenvalue weighted by molar-refractivity contribution is 5.92. The van der Waals surface area contributed by atoms with Crippen LogP contribution in [0.4, 0.5) is 0 Å². The Bertz CT molecular complexity index is 2620. The molecule has 8 atom stereocenters. The van der Waals surface area contributed by atoms with Crippen LogP contribution in [0, 0.1) is 28.6 Å². The zero-order chi connectivity index (χ0) is 46.1. The third kappa shape index (κ3) is 7.42. The van der Waals surface area contributed by atoms with Gasteiger partial charge in [-0.3, -0.25) is 14.4 Å². The quantitative estimate of drug-likeness (QED) is 0.0679. The number of benzene rings is 5. The molecule has 5 aromatic carbocycles. The molecular formula is C56H58O9. The topological polar surface area (TPSA) is 162 Å². The number of carbonyl (C=O) groups excluding carboxylic acids is 3. The van der Waals surface area contributed by atoms with Crippen LogP contribution in [0.3, 0.4) is 0 Å². The molecule has 9 heteroatoms. The van der Waals surface area contributed by atoms with E-state index in [0.29, 0.717) is 31.2 Å². The second kappa shape index (κ2) is 16.4. The summed E-state index contributed by atoms with van der Waals surface area (Å²) in [5, 5.41) is 55.6. The Kier molecular flexibility index (Phi) is 11.1. The lowest BCUT2D eigenvalue weighted by Gasteiger charge is -2.65. The number of phenolic OH excluding ortho intramolecular Hbond substituents is 4. The normalized spacial score (nSPS) is 28.7. The second-order valence-electron chi connectivity index (χ2n) is 20.0. The van der Waals surface area contributed by atoms with Gasteiger partial charge in [-0.05, 0) is 144 Å². The van der Waals surface area contributed by atoms with Gasteiger partial charge in [-0.15, -0.1) is 0 Å². The highest BCUT2D eigenvalue weighted by Gasteiger charge is 2.71. The number of aromatic hydroxyl groups is 4. The number of ketones is 2. The fraction of sp³-hybridized carbons (Fsp3) is 0.375. The van der Waals surface area contributed by atoms with E-state index in [1.54, 1.807) is 42.5 Å². The Hall–Kier alpha value is -6.19. The standard InChI is InChI=1S/C56H58O9/c1-33(57)65-31-49(63)56(64)28-26-46-45-23-16-40-30-44(61)25-27-53(40,2)52(45)54(3,32-55(46,56)4)47-29-39(15-24-48(47)62)51(38-13-21-43(60)22-14-38)35-7-5-34(6-8-35)50(36-9-17-41(58)18-10-36)37-11-19-42(59)20-12-37/h5-15,17-22,24,29-30,45-46,50-52,58-60,62,64H,16,23,25-28,31-32H2,1-4H3/t45-,46-,51?,52-,53-,54?,55-,56?/m0/s1. The molecule has 0 radical (unpaired) electrons. The SMILES string of the molecule is CC(=O)OCC(=O)C1(O)CC[C@H]2[C@@H]3CCC4=CC(=O)CC[C@]4(C)[C@H]3C(C)(c3cc(C(c4ccc(O)cc4)c4ccc(C(c5ccc(O)cc5)c5ccc(O)cc5)cc4)ccc3O)C[C@@]21C. The number of fused-ring (bicyclic) bond motifs is 5. The summed E-state index contributed by atoms with van der Waals surface area (Å²) in [6.07, 6.45) is 5.74. The third-order valence-electron chi connectivity index (χ3n) is 16.5. The minimum absolute atomic E-state index is 0.0246. The summed E-state index contributed by atoms with van der Waals surface area (Å²) in [7, 11) is 0. The monoisotopic (exact) mass is 874 g/mol. The molecule has 0 aromatic heterocycles. The molecule has 65 heavy (non-hydrogen) atoms. The van der Waals surface area contributed by atoms with Crippen LogP contribution in [0.15, 0.2) is 127 Å². The summed E-state index contributed by atoms with van der Waals surface area (Å²) in [6, 6.07) is 35.6. The van der Waals surface area contributed by atoms with Gasteiger partial charge in [0.1, 0.15) is 28.6 Å². The molecule has 3 saturated carbocycles. The van der Waals surface area contributed by atoms with Crippen molar-refractivity contribution >= 4 is 17.5 Å². The Morgan fingerprint density at radius 2 is 1.12 bits per heavy atom. The van der Waals surface area contributed by atoms with E-state index in [1.807, 2.05) is 55.5 Å². The van der Waals surface area contributed by atoms with E-state index in [0.717, 1.165) is 51.8 Å². The molecule has 4 aliphatic carbocycles. The summed E-state index contributed by atoms with van der Waals surface area (Å²) in [4.78, 5) is 39.0. The molecule has 4 aliphatic rings. The maximum absolute atomic E-state index is 14.1. The lowest BCUT2D eigenvalue weighted by Crippen LogP contribution is -2.64. The summed E-state index contributed by atoms with van der Waals surface area (Å²) < 4.78 is 5.21. The number of carbonyl (C=O) groups is 3.